The number of likely N-dealkylation sites (tertiary alicyclic amines) is 2. The number of carbonyl (C=O) groups excluding carboxylic acids is 2. The van der Waals surface area contributed by atoms with Crippen LogP contribution in [0.4, 0.5) is 21.0 Å². The fourth-order valence-electron chi connectivity index (χ4n) is 9.41. The standard InChI is InChI=1S/C23H26N2O.C22H23N3O/c26-22(25-13-5-9-18-6-3-4-10-21(18)25)24-14-11-23(12-15-24)16-19-7-1-2-8-20(19)17-23;23-17-22(19-9-2-1-3-10-19)12-15-24(16-13-22)21(26)25-14-6-8-18-7-4-5-11-20(18)25/h1-4,6-8,10H,5,9,11-17H2;1-5,7,9-11H,6,8,12-16H2. The molecule has 0 N–H and O–H groups in total. The molecule has 0 radical (unpaired) electrons. The molecule has 4 aromatic rings. The van der Waals surface area contributed by atoms with Gasteiger partial charge in [0.2, 0.25) is 0 Å². The molecule has 1 aliphatic carbocycles. The molecule has 0 unspecified atom stereocenters. The topological polar surface area (TPSA) is 70.9 Å². The highest BCUT2D eigenvalue weighted by molar-refractivity contribution is 5.94. The molecular formula is C45H49N5O2. The Hall–Kier alpha value is -5.09. The normalized spacial score (nSPS) is 19.8. The van der Waals surface area contributed by atoms with Crippen molar-refractivity contribution in [2.24, 2.45) is 5.41 Å². The van der Waals surface area contributed by atoms with Gasteiger partial charge in [-0.15, -0.1) is 0 Å². The molecule has 9 rings (SSSR count). The maximum Gasteiger partial charge on any atom is 0.324 e. The lowest BCUT2D eigenvalue weighted by atomic mass is 9.74. The molecule has 1 spiro atoms. The van der Waals surface area contributed by atoms with E-state index in [1.165, 1.54) is 35.1 Å². The number of rotatable bonds is 1. The Balaban J connectivity index is 0.000000149. The minimum Gasteiger partial charge on any atom is -0.324 e. The molecule has 0 aromatic heterocycles. The van der Waals surface area contributed by atoms with E-state index in [1.807, 2.05) is 69.3 Å². The van der Waals surface area contributed by atoms with Crippen LogP contribution in [0.25, 0.3) is 0 Å². The number of carbonyl (C=O) groups is 2. The first-order valence-corrected chi connectivity index (χ1v) is 19.3. The summed E-state index contributed by atoms with van der Waals surface area (Å²) in [5.74, 6) is 0. The van der Waals surface area contributed by atoms with Gasteiger partial charge in [-0.3, -0.25) is 9.80 Å². The first-order chi connectivity index (χ1) is 25.5. The number of amides is 4. The van der Waals surface area contributed by atoms with Crippen molar-refractivity contribution >= 4 is 23.4 Å². The molecule has 0 atom stereocenters. The van der Waals surface area contributed by atoms with Crippen LogP contribution in [0.2, 0.25) is 0 Å². The molecule has 52 heavy (non-hydrogen) atoms. The number of hydrogen-bond acceptors (Lipinski definition) is 3. The number of hydrogen-bond donors (Lipinski definition) is 0. The Bertz CT molecular complexity index is 1920. The highest BCUT2D eigenvalue weighted by atomic mass is 16.2. The van der Waals surface area contributed by atoms with Gasteiger partial charge in [0, 0.05) is 50.6 Å². The van der Waals surface area contributed by atoms with Crippen LogP contribution in [0, 0.1) is 16.7 Å². The summed E-state index contributed by atoms with van der Waals surface area (Å²) >= 11 is 0. The highest BCUT2D eigenvalue weighted by Crippen LogP contribution is 2.45. The third-order valence-corrected chi connectivity index (χ3v) is 12.5. The second-order valence-corrected chi connectivity index (χ2v) is 15.5. The van der Waals surface area contributed by atoms with Crippen molar-refractivity contribution in [2.75, 3.05) is 49.1 Å². The molecule has 0 saturated carbocycles. The zero-order valence-electron chi connectivity index (χ0n) is 30.2. The summed E-state index contributed by atoms with van der Waals surface area (Å²) in [4.78, 5) is 34.3. The van der Waals surface area contributed by atoms with E-state index in [-0.39, 0.29) is 12.1 Å². The Morgan fingerprint density at radius 3 is 1.42 bits per heavy atom. The lowest BCUT2D eigenvalue weighted by Crippen LogP contribution is -2.51. The van der Waals surface area contributed by atoms with Crippen molar-refractivity contribution in [1.29, 1.82) is 5.26 Å². The van der Waals surface area contributed by atoms with E-state index in [1.54, 1.807) is 0 Å². The van der Waals surface area contributed by atoms with Crippen LogP contribution in [0.3, 0.4) is 0 Å². The van der Waals surface area contributed by atoms with E-state index in [0.717, 1.165) is 81.6 Å². The van der Waals surface area contributed by atoms with E-state index >= 15 is 0 Å². The van der Waals surface area contributed by atoms with Crippen molar-refractivity contribution in [3.05, 3.63) is 131 Å². The summed E-state index contributed by atoms with van der Waals surface area (Å²) < 4.78 is 0. The summed E-state index contributed by atoms with van der Waals surface area (Å²) in [5.41, 5.74) is 8.76. The summed E-state index contributed by atoms with van der Waals surface area (Å²) in [6.07, 6.45) is 10.2. The quantitative estimate of drug-likeness (QED) is 0.201. The molecule has 0 bridgehead atoms. The number of piperidine rings is 2. The van der Waals surface area contributed by atoms with Crippen LogP contribution in [0.5, 0.6) is 0 Å². The number of para-hydroxylation sites is 2. The van der Waals surface area contributed by atoms with E-state index < -0.39 is 5.41 Å². The van der Waals surface area contributed by atoms with E-state index in [0.29, 0.717) is 31.3 Å². The smallest absolute Gasteiger partial charge is 0.324 e. The monoisotopic (exact) mass is 691 g/mol. The van der Waals surface area contributed by atoms with Gasteiger partial charge in [-0.1, -0.05) is 91.0 Å². The van der Waals surface area contributed by atoms with Crippen LogP contribution >= 0.6 is 0 Å². The fourth-order valence-corrected chi connectivity index (χ4v) is 9.41. The van der Waals surface area contributed by atoms with Crippen molar-refractivity contribution < 1.29 is 9.59 Å². The lowest BCUT2D eigenvalue weighted by molar-refractivity contribution is 0.126. The average Bonchev–Trinajstić information content (AvgIpc) is 3.58. The molecule has 4 aliphatic heterocycles. The third-order valence-electron chi connectivity index (χ3n) is 12.5. The minimum atomic E-state index is -0.474. The zero-order chi connectivity index (χ0) is 35.5. The summed E-state index contributed by atoms with van der Waals surface area (Å²) in [6, 6.07) is 38.3. The van der Waals surface area contributed by atoms with E-state index in [9.17, 15) is 14.9 Å². The predicted octanol–water partition coefficient (Wildman–Crippen LogP) is 8.56. The molecule has 2 saturated heterocycles. The maximum absolute atomic E-state index is 13.2. The predicted molar refractivity (Wildman–Crippen MR) is 207 cm³/mol. The Morgan fingerprint density at radius 2 is 0.942 bits per heavy atom. The lowest BCUT2D eigenvalue weighted by Gasteiger charge is -2.42. The molecular weight excluding hydrogens is 643 g/mol. The van der Waals surface area contributed by atoms with Crippen molar-refractivity contribution in [2.45, 2.75) is 69.6 Å². The van der Waals surface area contributed by atoms with Crippen LogP contribution in [-0.2, 0) is 31.1 Å². The third kappa shape index (κ3) is 6.56. The van der Waals surface area contributed by atoms with Gasteiger partial charge >= 0.3 is 12.1 Å². The van der Waals surface area contributed by atoms with Gasteiger partial charge in [0.15, 0.2) is 0 Å². The maximum atomic E-state index is 13.2. The van der Waals surface area contributed by atoms with Crippen LogP contribution in [-0.4, -0.2) is 61.1 Å². The first-order valence-electron chi connectivity index (χ1n) is 19.3. The van der Waals surface area contributed by atoms with Crippen LogP contribution < -0.4 is 9.80 Å². The van der Waals surface area contributed by atoms with Crippen LogP contribution in [0.15, 0.2) is 103 Å². The molecule has 4 aromatic carbocycles. The van der Waals surface area contributed by atoms with Gasteiger partial charge in [-0.2, -0.15) is 5.26 Å². The molecule has 4 heterocycles. The largest absolute Gasteiger partial charge is 0.324 e. The second-order valence-electron chi connectivity index (χ2n) is 15.5. The summed E-state index contributed by atoms with van der Waals surface area (Å²) in [5, 5.41) is 9.83. The molecule has 5 aliphatic rings. The van der Waals surface area contributed by atoms with Gasteiger partial charge in [0.1, 0.15) is 0 Å². The molecule has 2 fully saturated rings. The number of anilines is 2. The Morgan fingerprint density at radius 1 is 0.519 bits per heavy atom. The highest BCUT2D eigenvalue weighted by Gasteiger charge is 2.42. The van der Waals surface area contributed by atoms with Crippen LogP contribution in [0.1, 0.15) is 66.3 Å². The van der Waals surface area contributed by atoms with Gasteiger partial charge in [0.05, 0.1) is 11.5 Å². The van der Waals surface area contributed by atoms with Gasteiger partial charge in [-0.05, 0) is 110 Å². The Labute approximate surface area is 308 Å². The van der Waals surface area contributed by atoms with E-state index in [2.05, 4.69) is 59.5 Å². The SMILES string of the molecule is N#CC1(c2ccccc2)CCN(C(=O)N2CCCc3ccccc32)CC1.O=C(N1CCC2(CC1)Cc1ccccc1C2)N1CCCc2ccccc21. The molecule has 4 amide bonds. The Kier molecular flexibility index (Phi) is 9.49. The minimum absolute atomic E-state index is 0.0803. The second kappa shape index (κ2) is 14.5. The summed E-state index contributed by atoms with van der Waals surface area (Å²) in [7, 11) is 0. The number of nitrogens with zero attached hydrogens (tertiary/aromatic N) is 5. The fraction of sp³-hybridized carbons (Fsp3) is 0.400. The van der Waals surface area contributed by atoms with Gasteiger partial charge < -0.3 is 9.80 Å². The van der Waals surface area contributed by atoms with E-state index in [4.69, 9.17) is 0 Å². The van der Waals surface area contributed by atoms with Crippen molar-refractivity contribution in [1.82, 2.24) is 9.80 Å². The van der Waals surface area contributed by atoms with Gasteiger partial charge in [0.25, 0.3) is 0 Å². The first kappa shape index (κ1) is 34.0. The van der Waals surface area contributed by atoms with Crippen molar-refractivity contribution in [3.8, 4) is 6.07 Å². The number of nitriles is 1. The van der Waals surface area contributed by atoms with Crippen molar-refractivity contribution in [3.63, 3.8) is 0 Å². The molecule has 7 heteroatoms. The molecule has 7 nitrogen and oxygen atoms in total. The average molecular weight is 692 g/mol. The number of fused-ring (bicyclic) bond motifs is 3. The van der Waals surface area contributed by atoms with Gasteiger partial charge in [-0.25, -0.2) is 9.59 Å². The molecule has 266 valence electrons. The number of aryl methyl sites for hydroxylation is 2. The summed E-state index contributed by atoms with van der Waals surface area (Å²) in [6.45, 7) is 4.66. The number of benzene rings is 4. The number of urea groups is 2. The zero-order valence-corrected chi connectivity index (χ0v) is 30.2.